The number of carbonyl (C=O) groups is 2. The fourth-order valence-electron chi connectivity index (χ4n) is 4.25. The number of benzene rings is 1. The van der Waals surface area contributed by atoms with Crippen LogP contribution >= 0.6 is 23.2 Å². The van der Waals surface area contributed by atoms with E-state index >= 15 is 0 Å². The zero-order chi connectivity index (χ0) is 24.8. The number of halogens is 2. The Hall–Kier alpha value is -2.71. The van der Waals surface area contributed by atoms with Crippen molar-refractivity contribution in [3.05, 3.63) is 56.8 Å². The molecule has 1 N–H and O–H groups in total. The molecule has 0 bridgehead atoms. The van der Waals surface area contributed by atoms with Gasteiger partial charge >= 0.3 is 6.09 Å². The molecule has 10 heteroatoms. The highest BCUT2D eigenvalue weighted by Gasteiger charge is 2.37. The maximum atomic E-state index is 13.8. The Morgan fingerprint density at radius 1 is 1.03 bits per heavy atom. The molecule has 0 saturated carbocycles. The molecule has 1 saturated heterocycles. The van der Waals surface area contributed by atoms with E-state index in [0.717, 1.165) is 22.8 Å². The zero-order valence-electron chi connectivity index (χ0n) is 20.0. The Kier molecular flexibility index (Phi) is 6.57. The second-order valence-electron chi connectivity index (χ2n) is 9.61. The highest BCUT2D eigenvalue weighted by Crippen LogP contribution is 2.39. The second kappa shape index (κ2) is 9.15. The number of amides is 2. The zero-order valence-corrected chi connectivity index (χ0v) is 21.5. The third kappa shape index (κ3) is 4.88. The van der Waals surface area contributed by atoms with Crippen molar-refractivity contribution in [1.29, 1.82) is 0 Å². The minimum Gasteiger partial charge on any atom is -0.444 e. The summed E-state index contributed by atoms with van der Waals surface area (Å²) in [6.45, 7) is 10.9. The summed E-state index contributed by atoms with van der Waals surface area (Å²) >= 11 is 12.5. The lowest BCUT2D eigenvalue weighted by Gasteiger charge is -2.38. The first-order chi connectivity index (χ1) is 15.9. The number of hydrogen-bond acceptors (Lipinski definition) is 5. The number of piperazine rings is 1. The molecule has 2 aliphatic heterocycles. The van der Waals surface area contributed by atoms with Crippen LogP contribution in [-0.2, 0) is 9.53 Å². The van der Waals surface area contributed by atoms with Crippen molar-refractivity contribution in [1.82, 2.24) is 19.6 Å². The van der Waals surface area contributed by atoms with Crippen LogP contribution in [0.1, 0.15) is 45.0 Å². The maximum Gasteiger partial charge on any atom is 0.410 e. The van der Waals surface area contributed by atoms with Crippen molar-refractivity contribution in [3.8, 4) is 0 Å². The number of fused-ring (bicyclic) bond motifs is 1. The fourth-order valence-corrected chi connectivity index (χ4v) is 4.56. The summed E-state index contributed by atoms with van der Waals surface area (Å²) < 4.78 is 7.28. The molecule has 3 heterocycles. The number of aryl methyl sites for hydroxylation is 1. The number of nitrogens with zero attached hydrogens (tertiary/aromatic N) is 4. The van der Waals surface area contributed by atoms with Crippen molar-refractivity contribution in [3.63, 3.8) is 0 Å². The van der Waals surface area contributed by atoms with Gasteiger partial charge in [-0.25, -0.2) is 9.48 Å². The summed E-state index contributed by atoms with van der Waals surface area (Å²) in [5.41, 5.74) is 2.42. The molecule has 2 amide bonds. The first-order valence-corrected chi connectivity index (χ1v) is 12.0. The number of aromatic nitrogens is 2. The molecule has 182 valence electrons. The van der Waals surface area contributed by atoms with Gasteiger partial charge < -0.3 is 19.9 Å². The van der Waals surface area contributed by atoms with E-state index in [1.807, 2.05) is 51.4 Å². The van der Waals surface area contributed by atoms with Crippen LogP contribution in [0.25, 0.3) is 0 Å². The van der Waals surface area contributed by atoms with Crippen LogP contribution in [0, 0.1) is 6.92 Å². The normalized spacial score (nSPS) is 18.5. The first-order valence-electron chi connectivity index (χ1n) is 11.2. The smallest absolute Gasteiger partial charge is 0.410 e. The van der Waals surface area contributed by atoms with E-state index in [0.29, 0.717) is 41.8 Å². The van der Waals surface area contributed by atoms with Gasteiger partial charge in [-0.05, 0) is 52.3 Å². The Morgan fingerprint density at radius 2 is 1.68 bits per heavy atom. The van der Waals surface area contributed by atoms with E-state index < -0.39 is 11.6 Å². The topological polar surface area (TPSA) is 79.7 Å². The molecule has 0 aliphatic carbocycles. The van der Waals surface area contributed by atoms with Gasteiger partial charge in [0.15, 0.2) is 0 Å². The van der Waals surface area contributed by atoms with Gasteiger partial charge in [-0.3, -0.25) is 4.79 Å². The van der Waals surface area contributed by atoms with E-state index in [2.05, 4.69) is 10.4 Å². The molecule has 34 heavy (non-hydrogen) atoms. The van der Waals surface area contributed by atoms with E-state index in [1.165, 1.54) is 0 Å². The monoisotopic (exact) mass is 505 g/mol. The fraction of sp³-hybridized carbons (Fsp3) is 0.458. The average molecular weight is 506 g/mol. The minimum absolute atomic E-state index is 0.108. The number of ether oxygens (including phenoxy) is 1. The standard InChI is InChI=1S/C24H29Cl2N5O3/c1-14-12-19-27-15(2)20(21(31(19)28-14)16-6-7-17(25)18(26)13-16)22(32)29-8-10-30(11-9-29)23(33)34-24(3,4)5/h6-7,12-13,21,27H,8-11H2,1-5H3. The van der Waals surface area contributed by atoms with Gasteiger partial charge in [0.25, 0.3) is 5.91 Å². The largest absolute Gasteiger partial charge is 0.444 e. The number of anilines is 1. The molecule has 8 nitrogen and oxygen atoms in total. The summed E-state index contributed by atoms with van der Waals surface area (Å²) in [6, 6.07) is 6.85. The summed E-state index contributed by atoms with van der Waals surface area (Å²) in [6.07, 6.45) is -0.361. The first kappa shape index (κ1) is 24.4. The van der Waals surface area contributed by atoms with E-state index in [-0.39, 0.29) is 12.0 Å². The number of carbonyl (C=O) groups excluding carboxylic acids is 2. The van der Waals surface area contributed by atoms with Crippen LogP contribution in [-0.4, -0.2) is 63.4 Å². The van der Waals surface area contributed by atoms with Crippen LogP contribution in [0.3, 0.4) is 0 Å². The molecule has 4 rings (SSSR count). The van der Waals surface area contributed by atoms with Gasteiger partial charge in [-0.15, -0.1) is 0 Å². The Balaban J connectivity index is 1.61. The third-order valence-electron chi connectivity index (χ3n) is 5.80. The van der Waals surface area contributed by atoms with E-state index in [4.69, 9.17) is 27.9 Å². The lowest BCUT2D eigenvalue weighted by atomic mass is 9.94. The van der Waals surface area contributed by atoms with Crippen molar-refractivity contribution >= 4 is 41.0 Å². The van der Waals surface area contributed by atoms with Crippen molar-refractivity contribution in [2.75, 3.05) is 31.5 Å². The number of hydrogen-bond donors (Lipinski definition) is 1. The predicted molar refractivity (Wildman–Crippen MR) is 132 cm³/mol. The van der Waals surface area contributed by atoms with Gasteiger partial charge in [-0.1, -0.05) is 29.3 Å². The van der Waals surface area contributed by atoms with Crippen LogP contribution in [0.15, 0.2) is 35.5 Å². The van der Waals surface area contributed by atoms with Crippen molar-refractivity contribution < 1.29 is 14.3 Å². The molecule has 0 radical (unpaired) electrons. The Labute approximate surface area is 209 Å². The predicted octanol–water partition coefficient (Wildman–Crippen LogP) is 4.87. The molecule has 1 aromatic carbocycles. The minimum atomic E-state index is -0.563. The molecule has 2 aromatic rings. The number of allylic oxidation sites excluding steroid dienone is 1. The highest BCUT2D eigenvalue weighted by molar-refractivity contribution is 6.42. The lowest BCUT2D eigenvalue weighted by molar-refractivity contribution is -0.129. The molecule has 1 atom stereocenters. The van der Waals surface area contributed by atoms with Crippen LogP contribution in [0.5, 0.6) is 0 Å². The third-order valence-corrected chi connectivity index (χ3v) is 6.54. The quantitative estimate of drug-likeness (QED) is 0.629. The highest BCUT2D eigenvalue weighted by atomic mass is 35.5. The van der Waals surface area contributed by atoms with Crippen LogP contribution < -0.4 is 5.32 Å². The van der Waals surface area contributed by atoms with E-state index in [1.54, 1.807) is 21.9 Å². The molecule has 2 aliphatic rings. The summed E-state index contributed by atoms with van der Waals surface area (Å²) in [4.78, 5) is 29.7. The van der Waals surface area contributed by atoms with Gasteiger partial charge in [0.2, 0.25) is 0 Å². The Bertz CT molecular complexity index is 1160. The van der Waals surface area contributed by atoms with Gasteiger partial charge in [0.1, 0.15) is 17.5 Å². The SMILES string of the molecule is CC1=C(C(=O)N2CCN(C(=O)OC(C)(C)C)CC2)C(c2ccc(Cl)c(Cl)c2)n2nc(C)cc2N1. The summed E-state index contributed by atoms with van der Waals surface area (Å²) in [5.74, 6) is 0.695. The molecule has 1 unspecified atom stereocenters. The van der Waals surface area contributed by atoms with Gasteiger partial charge in [0.05, 0.1) is 21.3 Å². The average Bonchev–Trinajstić information content (AvgIpc) is 3.12. The van der Waals surface area contributed by atoms with E-state index in [9.17, 15) is 9.59 Å². The molecule has 1 aromatic heterocycles. The molecular formula is C24H29Cl2N5O3. The Morgan fingerprint density at radius 3 is 2.29 bits per heavy atom. The van der Waals surface area contributed by atoms with Gasteiger partial charge in [-0.2, -0.15) is 5.10 Å². The lowest BCUT2D eigenvalue weighted by Crippen LogP contribution is -2.52. The summed E-state index contributed by atoms with van der Waals surface area (Å²) in [5, 5.41) is 8.83. The molecular weight excluding hydrogens is 477 g/mol. The number of rotatable bonds is 2. The number of nitrogens with one attached hydrogen (secondary N) is 1. The molecule has 1 fully saturated rings. The second-order valence-corrected chi connectivity index (χ2v) is 10.4. The summed E-state index contributed by atoms with van der Waals surface area (Å²) in [7, 11) is 0. The van der Waals surface area contributed by atoms with Gasteiger partial charge in [0, 0.05) is 37.9 Å². The van der Waals surface area contributed by atoms with Crippen LogP contribution in [0.4, 0.5) is 10.6 Å². The van der Waals surface area contributed by atoms with Crippen LogP contribution in [0.2, 0.25) is 10.0 Å². The van der Waals surface area contributed by atoms with Crippen molar-refractivity contribution in [2.24, 2.45) is 0 Å². The van der Waals surface area contributed by atoms with Crippen molar-refractivity contribution in [2.45, 2.75) is 46.3 Å². The maximum absolute atomic E-state index is 13.8. The molecule has 0 spiro atoms.